The van der Waals surface area contributed by atoms with Gasteiger partial charge in [-0.05, 0) is 54.3 Å². The van der Waals surface area contributed by atoms with E-state index in [1.54, 1.807) is 25.8 Å². The normalized spacial score (nSPS) is 13.9. The number of aromatic nitrogens is 1. The highest BCUT2D eigenvalue weighted by atomic mass is 16.5. The molecule has 0 spiro atoms. The maximum absolute atomic E-state index is 13.3. The molecule has 0 saturated heterocycles. The van der Waals surface area contributed by atoms with E-state index in [1.807, 2.05) is 72.8 Å². The van der Waals surface area contributed by atoms with Gasteiger partial charge in [0, 0.05) is 42.0 Å². The Kier molecular flexibility index (Phi) is 6.27. The van der Waals surface area contributed by atoms with Crippen LogP contribution in [-0.2, 0) is 23.7 Å². The summed E-state index contributed by atoms with van der Waals surface area (Å²) in [5.41, 5.74) is 3.35. The van der Waals surface area contributed by atoms with Crippen molar-refractivity contribution in [3.05, 3.63) is 94.4 Å². The first-order chi connectivity index (χ1) is 17.5. The molecule has 5 rings (SSSR count). The number of hydrogen-bond acceptors (Lipinski definition) is 4. The summed E-state index contributed by atoms with van der Waals surface area (Å²) < 4.78 is 12.4. The first-order valence-electron chi connectivity index (χ1n) is 12.2. The van der Waals surface area contributed by atoms with Crippen molar-refractivity contribution in [2.45, 2.75) is 24.7 Å². The Morgan fingerprint density at radius 3 is 2.22 bits per heavy atom. The first kappa shape index (κ1) is 23.7. The standard InChI is InChI=1S/C30H30N2O4/c1-32-26(15-18-31-29(34)30(16-17-30)21-9-11-22(35-2)12-10-21)27(20-7-5-4-6-8-20)25-19-23(36-3)13-14-24(25)28(32)33/h4-14,19H,15-18H2,1-3H3,(H,31,34). The summed E-state index contributed by atoms with van der Waals surface area (Å²) in [7, 11) is 5.06. The predicted molar refractivity (Wildman–Crippen MR) is 142 cm³/mol. The average Bonchev–Trinajstić information content (AvgIpc) is 3.74. The summed E-state index contributed by atoms with van der Waals surface area (Å²) >= 11 is 0. The van der Waals surface area contributed by atoms with Crippen LogP contribution in [0.25, 0.3) is 21.9 Å². The second kappa shape index (κ2) is 9.53. The Morgan fingerprint density at radius 1 is 0.917 bits per heavy atom. The molecule has 0 bridgehead atoms. The van der Waals surface area contributed by atoms with Crippen LogP contribution in [0.5, 0.6) is 11.5 Å². The second-order valence-electron chi connectivity index (χ2n) is 9.28. The number of hydrogen-bond donors (Lipinski definition) is 1. The van der Waals surface area contributed by atoms with E-state index in [0.29, 0.717) is 24.1 Å². The number of fused-ring (bicyclic) bond motifs is 1. The van der Waals surface area contributed by atoms with E-state index < -0.39 is 5.41 Å². The number of rotatable bonds is 8. The van der Waals surface area contributed by atoms with E-state index in [2.05, 4.69) is 5.32 Å². The third-order valence-corrected chi connectivity index (χ3v) is 7.26. The number of nitrogens with zero attached hydrogens (tertiary/aromatic N) is 1. The quantitative estimate of drug-likeness (QED) is 0.398. The van der Waals surface area contributed by atoms with Crippen molar-refractivity contribution in [1.29, 1.82) is 0 Å². The highest BCUT2D eigenvalue weighted by Gasteiger charge is 2.51. The maximum atomic E-state index is 13.3. The molecule has 1 aromatic heterocycles. The number of nitrogens with one attached hydrogen (secondary N) is 1. The molecule has 0 atom stereocenters. The van der Waals surface area contributed by atoms with Gasteiger partial charge >= 0.3 is 0 Å². The van der Waals surface area contributed by atoms with Gasteiger partial charge in [-0.2, -0.15) is 0 Å². The van der Waals surface area contributed by atoms with Gasteiger partial charge in [-0.15, -0.1) is 0 Å². The zero-order valence-electron chi connectivity index (χ0n) is 20.8. The van der Waals surface area contributed by atoms with E-state index in [1.165, 1.54) is 0 Å². The third kappa shape index (κ3) is 4.13. The van der Waals surface area contributed by atoms with Crippen molar-refractivity contribution in [3.63, 3.8) is 0 Å². The van der Waals surface area contributed by atoms with Gasteiger partial charge in [0.25, 0.3) is 5.56 Å². The Bertz CT molecular complexity index is 1470. The van der Waals surface area contributed by atoms with Gasteiger partial charge in [0.05, 0.1) is 19.6 Å². The Morgan fingerprint density at radius 2 is 1.58 bits per heavy atom. The van der Waals surface area contributed by atoms with Gasteiger partial charge in [-0.25, -0.2) is 0 Å². The molecule has 3 aromatic carbocycles. The van der Waals surface area contributed by atoms with E-state index in [9.17, 15) is 9.59 Å². The van der Waals surface area contributed by atoms with Crippen molar-refractivity contribution in [2.75, 3.05) is 20.8 Å². The fraction of sp³-hybridized carbons (Fsp3) is 0.267. The molecule has 36 heavy (non-hydrogen) atoms. The number of amides is 1. The fourth-order valence-electron chi connectivity index (χ4n) is 5.04. The minimum absolute atomic E-state index is 0.0291. The van der Waals surface area contributed by atoms with Crippen LogP contribution in [0.4, 0.5) is 0 Å². The molecule has 1 saturated carbocycles. The maximum Gasteiger partial charge on any atom is 0.258 e. The summed E-state index contributed by atoms with van der Waals surface area (Å²) in [6, 6.07) is 23.3. The summed E-state index contributed by atoms with van der Waals surface area (Å²) in [5, 5.41) is 4.64. The molecular weight excluding hydrogens is 452 g/mol. The van der Waals surface area contributed by atoms with Crippen LogP contribution in [-0.4, -0.2) is 31.2 Å². The van der Waals surface area contributed by atoms with Crippen molar-refractivity contribution in [2.24, 2.45) is 7.05 Å². The Hall–Kier alpha value is -4.06. The SMILES string of the molecule is COc1ccc(C2(C(=O)NCCc3c(-c4ccccc4)c4cc(OC)ccc4c(=O)n3C)CC2)cc1. The molecule has 1 aliphatic carbocycles. The zero-order valence-corrected chi connectivity index (χ0v) is 20.8. The van der Waals surface area contributed by atoms with E-state index in [0.717, 1.165) is 46.4 Å². The zero-order chi connectivity index (χ0) is 25.3. The second-order valence-corrected chi connectivity index (χ2v) is 9.28. The Labute approximate surface area is 210 Å². The molecule has 1 fully saturated rings. The first-order valence-corrected chi connectivity index (χ1v) is 12.2. The molecule has 1 aliphatic rings. The molecular formula is C30H30N2O4. The summed E-state index contributed by atoms with van der Waals surface area (Å²) in [6.07, 6.45) is 2.18. The van der Waals surface area contributed by atoms with Crippen molar-refractivity contribution in [3.8, 4) is 22.6 Å². The molecule has 4 aromatic rings. The number of methoxy groups -OCH3 is 2. The van der Waals surface area contributed by atoms with Crippen LogP contribution in [0.1, 0.15) is 24.1 Å². The molecule has 1 amide bonds. The molecule has 0 unspecified atom stereocenters. The summed E-state index contributed by atoms with van der Waals surface area (Å²) in [6.45, 7) is 0.430. The number of carbonyl (C=O) groups is 1. The minimum atomic E-state index is -0.475. The lowest BCUT2D eigenvalue weighted by molar-refractivity contribution is -0.123. The van der Waals surface area contributed by atoms with Crippen molar-refractivity contribution >= 4 is 16.7 Å². The molecule has 0 aliphatic heterocycles. The van der Waals surface area contributed by atoms with Gasteiger partial charge in [-0.3, -0.25) is 9.59 Å². The lowest BCUT2D eigenvalue weighted by Gasteiger charge is -2.20. The smallest absolute Gasteiger partial charge is 0.258 e. The largest absolute Gasteiger partial charge is 0.497 e. The number of pyridine rings is 1. The average molecular weight is 483 g/mol. The van der Waals surface area contributed by atoms with Crippen LogP contribution in [0.3, 0.4) is 0 Å². The van der Waals surface area contributed by atoms with Gasteiger partial charge in [0.1, 0.15) is 11.5 Å². The lowest BCUT2D eigenvalue weighted by atomic mass is 9.94. The molecule has 0 radical (unpaired) electrons. The minimum Gasteiger partial charge on any atom is -0.497 e. The van der Waals surface area contributed by atoms with Gasteiger partial charge in [0.15, 0.2) is 0 Å². The monoisotopic (exact) mass is 482 g/mol. The highest BCUT2D eigenvalue weighted by Crippen LogP contribution is 2.48. The van der Waals surface area contributed by atoms with Gasteiger partial charge in [0.2, 0.25) is 5.91 Å². The van der Waals surface area contributed by atoms with Crippen molar-refractivity contribution < 1.29 is 14.3 Å². The summed E-state index contributed by atoms with van der Waals surface area (Å²) in [5.74, 6) is 1.50. The van der Waals surface area contributed by atoms with E-state index in [4.69, 9.17) is 9.47 Å². The fourth-order valence-corrected chi connectivity index (χ4v) is 5.04. The number of ether oxygens (including phenoxy) is 2. The van der Waals surface area contributed by atoms with Crippen molar-refractivity contribution in [1.82, 2.24) is 9.88 Å². The number of benzene rings is 3. The molecule has 6 nitrogen and oxygen atoms in total. The summed E-state index contributed by atoms with van der Waals surface area (Å²) in [4.78, 5) is 26.5. The lowest BCUT2D eigenvalue weighted by Crippen LogP contribution is -2.36. The molecule has 1 N–H and O–H groups in total. The molecule has 6 heteroatoms. The van der Waals surface area contributed by atoms with Crippen LogP contribution in [0.15, 0.2) is 77.6 Å². The van der Waals surface area contributed by atoms with Gasteiger partial charge in [-0.1, -0.05) is 42.5 Å². The van der Waals surface area contributed by atoms with Crippen LogP contribution in [0, 0.1) is 0 Å². The van der Waals surface area contributed by atoms with Crippen LogP contribution >= 0.6 is 0 Å². The van der Waals surface area contributed by atoms with Crippen LogP contribution in [0.2, 0.25) is 0 Å². The highest BCUT2D eigenvalue weighted by molar-refractivity contribution is 5.98. The topological polar surface area (TPSA) is 69.6 Å². The van der Waals surface area contributed by atoms with E-state index >= 15 is 0 Å². The van der Waals surface area contributed by atoms with Crippen LogP contribution < -0.4 is 20.3 Å². The predicted octanol–water partition coefficient (Wildman–Crippen LogP) is 4.61. The Balaban J connectivity index is 1.46. The third-order valence-electron chi connectivity index (χ3n) is 7.26. The molecule has 1 heterocycles. The van der Waals surface area contributed by atoms with E-state index in [-0.39, 0.29) is 11.5 Å². The van der Waals surface area contributed by atoms with Gasteiger partial charge < -0.3 is 19.4 Å². The molecule has 184 valence electrons. The number of carbonyl (C=O) groups excluding carboxylic acids is 1.